The van der Waals surface area contributed by atoms with Crippen molar-refractivity contribution < 1.29 is 8.91 Å². The number of benzene rings is 1. The first-order valence-electron chi connectivity index (χ1n) is 9.67. The quantitative estimate of drug-likeness (QED) is 0.448. The van der Waals surface area contributed by atoms with E-state index in [9.17, 15) is 4.79 Å². The van der Waals surface area contributed by atoms with E-state index in [-0.39, 0.29) is 23.9 Å². The van der Waals surface area contributed by atoms with Crippen molar-refractivity contribution in [2.75, 3.05) is 0 Å². The molecule has 0 aliphatic rings. The number of carbonyl (C=O) groups excluding carboxylic acids is 1. The minimum absolute atomic E-state index is 0.0265. The molecule has 0 fully saturated rings. The smallest absolute Gasteiger partial charge is 0.168 e. The molecule has 0 aromatic heterocycles. The van der Waals surface area contributed by atoms with Crippen LogP contribution in [0.4, 0.5) is 0 Å². The molecule has 0 aliphatic carbocycles. The summed E-state index contributed by atoms with van der Waals surface area (Å²) in [7, 11) is -1.36. The zero-order valence-electron chi connectivity index (χ0n) is 17.5. The van der Waals surface area contributed by atoms with Gasteiger partial charge in [-0.25, -0.2) is 0 Å². The molecule has 118 valence electrons. The zero-order valence-corrected chi connectivity index (χ0v) is 15.5. The summed E-state index contributed by atoms with van der Waals surface area (Å²) in [5.74, 6) is -0.0312. The van der Waals surface area contributed by atoms with Crippen LogP contribution in [0.5, 0.6) is 0 Å². The molecule has 0 amide bonds. The standard InChI is InChI=1S/C19H32OSi/c1-7-21(8-2,9-3)15-14-16-12-10-11-13-17(16)18(20)19(4,5)6/h10-13H,7-9,14-15H2,1-6H3/i10D,11D,12D. The second kappa shape index (κ2) is 7.39. The van der Waals surface area contributed by atoms with Crippen LogP contribution in [0.3, 0.4) is 0 Å². The molecule has 0 N–H and O–H groups in total. The topological polar surface area (TPSA) is 17.1 Å². The molecule has 0 saturated heterocycles. The van der Waals surface area contributed by atoms with E-state index in [1.807, 2.05) is 20.8 Å². The molecule has 0 saturated carbocycles. The van der Waals surface area contributed by atoms with E-state index in [1.165, 1.54) is 24.2 Å². The number of hydrogen-bond acceptors (Lipinski definition) is 1. The highest BCUT2D eigenvalue weighted by Gasteiger charge is 2.28. The van der Waals surface area contributed by atoms with Gasteiger partial charge in [-0.2, -0.15) is 0 Å². The molecule has 1 aromatic rings. The summed E-state index contributed by atoms with van der Waals surface area (Å²) in [6, 6.07) is 6.16. The van der Waals surface area contributed by atoms with Gasteiger partial charge in [-0.1, -0.05) is 89.9 Å². The lowest BCUT2D eigenvalue weighted by Gasteiger charge is -2.28. The Kier molecular flexibility index (Phi) is 4.84. The fraction of sp³-hybridized carbons (Fsp3) is 0.632. The van der Waals surface area contributed by atoms with Crippen LogP contribution < -0.4 is 0 Å². The molecule has 0 aliphatic heterocycles. The highest BCUT2D eigenvalue weighted by atomic mass is 28.3. The number of Topliss-reactive ketones (excluding diaryl/α,β-unsaturated/α-hetero) is 1. The Morgan fingerprint density at radius 2 is 1.71 bits per heavy atom. The predicted octanol–water partition coefficient (Wildman–Crippen LogP) is 5.97. The number of carbonyl (C=O) groups is 1. The van der Waals surface area contributed by atoms with Crippen molar-refractivity contribution in [2.24, 2.45) is 5.41 Å². The lowest BCUT2D eigenvalue weighted by atomic mass is 9.84. The molecular weight excluding hydrogens is 272 g/mol. The van der Waals surface area contributed by atoms with Crippen molar-refractivity contribution in [1.82, 2.24) is 0 Å². The molecule has 1 aromatic carbocycles. The third-order valence-electron chi connectivity index (χ3n) is 4.91. The average molecular weight is 308 g/mol. The van der Waals surface area contributed by atoms with Crippen LogP contribution in [0, 0.1) is 5.41 Å². The molecule has 0 unspecified atom stereocenters. The van der Waals surface area contributed by atoms with Crippen LogP contribution in [-0.2, 0) is 6.42 Å². The third-order valence-corrected chi connectivity index (χ3v) is 10.7. The second-order valence-electron chi connectivity index (χ2n) is 7.07. The Bertz CT molecular complexity index is 593. The maximum atomic E-state index is 12.8. The second-order valence-corrected chi connectivity index (χ2v) is 12.7. The molecule has 0 spiro atoms. The van der Waals surface area contributed by atoms with Gasteiger partial charge in [0.05, 0.1) is 12.2 Å². The molecule has 0 bridgehead atoms. The normalized spacial score (nSPS) is 14.5. The van der Waals surface area contributed by atoms with Crippen molar-refractivity contribution in [3.05, 3.63) is 35.3 Å². The molecule has 21 heavy (non-hydrogen) atoms. The van der Waals surface area contributed by atoms with Crippen molar-refractivity contribution in [3.8, 4) is 0 Å². The molecule has 0 radical (unpaired) electrons. The first kappa shape index (κ1) is 13.7. The van der Waals surface area contributed by atoms with Gasteiger partial charge >= 0.3 is 0 Å². The minimum atomic E-state index is -1.36. The number of hydrogen-bond donors (Lipinski definition) is 0. The Labute approximate surface area is 136 Å². The fourth-order valence-corrected chi connectivity index (χ4v) is 6.19. The van der Waals surface area contributed by atoms with Gasteiger partial charge in [-0.05, 0) is 12.0 Å². The lowest BCUT2D eigenvalue weighted by Crippen LogP contribution is -2.32. The van der Waals surface area contributed by atoms with Crippen LogP contribution in [0.1, 0.15) is 61.6 Å². The Morgan fingerprint density at radius 1 is 1.14 bits per heavy atom. The largest absolute Gasteiger partial charge is 0.294 e. The fourth-order valence-electron chi connectivity index (χ4n) is 2.85. The van der Waals surface area contributed by atoms with Crippen LogP contribution in [0.2, 0.25) is 24.2 Å². The van der Waals surface area contributed by atoms with E-state index < -0.39 is 13.5 Å². The van der Waals surface area contributed by atoms with Crippen LogP contribution in [0.25, 0.3) is 0 Å². The van der Waals surface area contributed by atoms with E-state index >= 15 is 0 Å². The maximum Gasteiger partial charge on any atom is 0.168 e. The van der Waals surface area contributed by atoms with E-state index in [2.05, 4.69) is 20.8 Å². The Hall–Kier alpha value is -0.893. The third kappa shape index (κ3) is 4.54. The monoisotopic (exact) mass is 307 g/mol. The van der Waals surface area contributed by atoms with Gasteiger partial charge in [0.15, 0.2) is 5.78 Å². The van der Waals surface area contributed by atoms with Crippen molar-refractivity contribution >= 4 is 13.9 Å². The van der Waals surface area contributed by atoms with E-state index in [0.717, 1.165) is 6.04 Å². The van der Waals surface area contributed by atoms with Crippen molar-refractivity contribution in [3.63, 3.8) is 0 Å². The van der Waals surface area contributed by atoms with E-state index in [0.29, 0.717) is 17.5 Å². The summed E-state index contributed by atoms with van der Waals surface area (Å²) in [5.41, 5.74) is 0.620. The van der Waals surface area contributed by atoms with Crippen LogP contribution in [-0.4, -0.2) is 13.9 Å². The lowest BCUT2D eigenvalue weighted by molar-refractivity contribution is 0.0857. The van der Waals surface area contributed by atoms with Gasteiger partial charge < -0.3 is 0 Å². The van der Waals surface area contributed by atoms with Crippen molar-refractivity contribution in [2.45, 2.75) is 72.1 Å². The van der Waals surface area contributed by atoms with Crippen LogP contribution in [0.15, 0.2) is 24.2 Å². The SMILES string of the molecule is [2H]c1cc(C(=O)C(C)(C)C)c(CC[Si](CC)(CC)CC)c([2H])c1[2H]. The minimum Gasteiger partial charge on any atom is -0.294 e. The van der Waals surface area contributed by atoms with Crippen LogP contribution >= 0.6 is 0 Å². The molecule has 0 atom stereocenters. The first-order chi connectivity index (χ1) is 11.0. The highest BCUT2D eigenvalue weighted by molar-refractivity contribution is 6.79. The van der Waals surface area contributed by atoms with Gasteiger partial charge in [-0.3, -0.25) is 4.79 Å². The zero-order chi connectivity index (χ0) is 18.7. The summed E-state index contributed by atoms with van der Waals surface area (Å²) in [4.78, 5) is 12.8. The molecular formula is C19H32OSi. The van der Waals surface area contributed by atoms with E-state index in [4.69, 9.17) is 4.11 Å². The Balaban J connectivity index is 3.36. The van der Waals surface area contributed by atoms with Gasteiger partial charge in [0.1, 0.15) is 0 Å². The van der Waals surface area contributed by atoms with Gasteiger partial charge in [0.2, 0.25) is 0 Å². The average Bonchev–Trinajstić information content (AvgIpc) is 2.54. The van der Waals surface area contributed by atoms with Crippen molar-refractivity contribution in [1.29, 1.82) is 0 Å². The molecule has 1 nitrogen and oxygen atoms in total. The van der Waals surface area contributed by atoms with Gasteiger partial charge in [-0.15, -0.1) is 0 Å². The number of rotatable bonds is 7. The molecule has 0 heterocycles. The Morgan fingerprint density at radius 3 is 2.19 bits per heavy atom. The summed E-state index contributed by atoms with van der Waals surface area (Å²) in [5, 5.41) is 0. The van der Waals surface area contributed by atoms with Gasteiger partial charge in [0.25, 0.3) is 0 Å². The summed E-state index contributed by atoms with van der Waals surface area (Å²) in [6.07, 6.45) is 0.684. The first-order valence-corrected chi connectivity index (χ1v) is 11.0. The summed E-state index contributed by atoms with van der Waals surface area (Å²) < 4.78 is 24.2. The summed E-state index contributed by atoms with van der Waals surface area (Å²) in [6.45, 7) is 12.4. The predicted molar refractivity (Wildman–Crippen MR) is 95.9 cm³/mol. The molecule has 2 heteroatoms. The van der Waals surface area contributed by atoms with E-state index in [1.54, 1.807) is 0 Å². The molecule has 1 rings (SSSR count). The maximum absolute atomic E-state index is 12.8. The van der Waals surface area contributed by atoms with Gasteiger partial charge in [0, 0.05) is 11.0 Å². The highest BCUT2D eigenvalue weighted by Crippen LogP contribution is 2.29. The number of ketones is 1. The summed E-state index contributed by atoms with van der Waals surface area (Å²) >= 11 is 0.